The Balaban J connectivity index is 2.30. The second-order valence-corrected chi connectivity index (χ2v) is 6.56. The van der Waals surface area contributed by atoms with Gasteiger partial charge in [-0.3, -0.25) is 9.59 Å². The molecule has 0 spiro atoms. The number of benzene rings is 3. The number of esters is 2. The summed E-state index contributed by atoms with van der Waals surface area (Å²) in [7, 11) is 1.58. The largest absolute Gasteiger partial charge is 0.497 e. The molecule has 0 fully saturated rings. The van der Waals surface area contributed by atoms with Gasteiger partial charge in [-0.05, 0) is 31.0 Å². The van der Waals surface area contributed by atoms with Crippen molar-refractivity contribution in [2.75, 3.05) is 7.11 Å². The zero-order valence-corrected chi connectivity index (χ0v) is 16.4. The number of ether oxygens (including phenoxy) is 3. The number of fused-ring (bicyclic) bond motifs is 2. The average Bonchev–Trinajstić information content (AvgIpc) is 2.70. The molecule has 0 N–H and O–H groups in total. The molecule has 0 aliphatic heterocycles. The molecule has 3 rings (SSSR count). The summed E-state index contributed by atoms with van der Waals surface area (Å²) in [6.45, 7) is 3.86. The number of carbonyl (C=O) groups excluding carboxylic acids is 2. The molecule has 0 heterocycles. The monoisotopic (exact) mass is 380 g/mol. The zero-order chi connectivity index (χ0) is 20.1. The number of carbonyl (C=O) groups is 2. The van der Waals surface area contributed by atoms with Crippen molar-refractivity contribution in [2.45, 2.75) is 39.5 Å². The smallest absolute Gasteiger partial charge is 0.311 e. The molecule has 0 atom stereocenters. The van der Waals surface area contributed by atoms with Crippen LogP contribution in [0.2, 0.25) is 0 Å². The predicted octanol–water partition coefficient (Wildman–Crippen LogP) is 5.41. The number of hydrogen-bond donors (Lipinski definition) is 0. The lowest BCUT2D eigenvalue weighted by molar-refractivity contribution is -0.135. The molecule has 0 saturated heterocycles. The van der Waals surface area contributed by atoms with E-state index in [2.05, 4.69) is 0 Å². The Bertz CT molecular complexity index is 1020. The number of hydrogen-bond acceptors (Lipinski definition) is 5. The Hall–Kier alpha value is -3.08. The molecule has 0 aliphatic rings. The molecule has 0 radical (unpaired) electrons. The minimum Gasteiger partial charge on any atom is -0.497 e. The van der Waals surface area contributed by atoms with Crippen LogP contribution in [0.15, 0.2) is 42.5 Å². The molecule has 28 heavy (non-hydrogen) atoms. The van der Waals surface area contributed by atoms with Crippen molar-refractivity contribution in [1.82, 2.24) is 0 Å². The summed E-state index contributed by atoms with van der Waals surface area (Å²) in [6, 6.07) is 12.9. The van der Waals surface area contributed by atoms with Crippen LogP contribution in [0.4, 0.5) is 0 Å². The highest BCUT2D eigenvalue weighted by Gasteiger charge is 2.20. The number of methoxy groups -OCH3 is 1. The van der Waals surface area contributed by atoms with Crippen molar-refractivity contribution in [3.05, 3.63) is 42.5 Å². The Morgan fingerprint density at radius 3 is 1.75 bits per heavy atom. The van der Waals surface area contributed by atoms with Gasteiger partial charge in [-0.25, -0.2) is 0 Å². The first-order valence-corrected chi connectivity index (χ1v) is 9.52. The molecule has 0 aromatic heterocycles. The first-order chi connectivity index (χ1) is 13.6. The van der Waals surface area contributed by atoms with E-state index in [-0.39, 0.29) is 11.9 Å². The van der Waals surface area contributed by atoms with Gasteiger partial charge in [-0.2, -0.15) is 0 Å². The molecule has 146 valence electrons. The summed E-state index contributed by atoms with van der Waals surface area (Å²) >= 11 is 0. The van der Waals surface area contributed by atoms with Crippen molar-refractivity contribution >= 4 is 33.5 Å². The highest BCUT2D eigenvalue weighted by molar-refractivity contribution is 6.13. The fourth-order valence-corrected chi connectivity index (χ4v) is 3.16. The molecule has 5 nitrogen and oxygen atoms in total. The van der Waals surface area contributed by atoms with Gasteiger partial charge in [0.15, 0.2) is 0 Å². The average molecular weight is 380 g/mol. The molecule has 5 heteroatoms. The van der Waals surface area contributed by atoms with Gasteiger partial charge in [0.05, 0.1) is 7.11 Å². The molecular formula is C23H24O5. The third-order valence-electron chi connectivity index (χ3n) is 4.47. The lowest BCUT2D eigenvalue weighted by Gasteiger charge is -2.17. The maximum Gasteiger partial charge on any atom is 0.311 e. The summed E-state index contributed by atoms with van der Waals surface area (Å²) in [5.74, 6) is 0.967. The van der Waals surface area contributed by atoms with Crippen LogP contribution in [0, 0.1) is 0 Å². The predicted molar refractivity (Wildman–Crippen MR) is 109 cm³/mol. The van der Waals surface area contributed by atoms with Crippen LogP contribution in [0.5, 0.6) is 17.2 Å². The second kappa shape index (κ2) is 8.74. The fourth-order valence-electron chi connectivity index (χ4n) is 3.16. The van der Waals surface area contributed by atoms with E-state index in [0.29, 0.717) is 59.1 Å². The van der Waals surface area contributed by atoms with Crippen LogP contribution in [0.3, 0.4) is 0 Å². The molecule has 0 bridgehead atoms. The molecule has 0 unspecified atom stereocenters. The molecular weight excluding hydrogens is 356 g/mol. The highest BCUT2D eigenvalue weighted by Crippen LogP contribution is 2.44. The van der Waals surface area contributed by atoms with E-state index in [1.54, 1.807) is 19.2 Å². The van der Waals surface area contributed by atoms with Gasteiger partial charge in [0, 0.05) is 34.4 Å². The van der Waals surface area contributed by atoms with E-state index in [0.717, 1.165) is 5.39 Å². The van der Waals surface area contributed by atoms with Crippen molar-refractivity contribution in [3.63, 3.8) is 0 Å². The first kappa shape index (κ1) is 19.7. The van der Waals surface area contributed by atoms with Crippen molar-refractivity contribution in [1.29, 1.82) is 0 Å². The molecule has 3 aromatic carbocycles. The summed E-state index contributed by atoms with van der Waals surface area (Å²) in [6.07, 6.45) is 2.06. The maximum absolute atomic E-state index is 12.3. The van der Waals surface area contributed by atoms with Crippen molar-refractivity contribution < 1.29 is 23.8 Å². The van der Waals surface area contributed by atoms with E-state index >= 15 is 0 Å². The zero-order valence-electron chi connectivity index (χ0n) is 16.4. The molecule has 0 saturated carbocycles. The third kappa shape index (κ3) is 3.93. The summed E-state index contributed by atoms with van der Waals surface area (Å²) in [5.41, 5.74) is 0. The minimum absolute atomic E-state index is 0.291. The lowest BCUT2D eigenvalue weighted by atomic mass is 10.00. The van der Waals surface area contributed by atoms with E-state index < -0.39 is 0 Å². The Kier molecular flexibility index (Phi) is 6.14. The summed E-state index contributed by atoms with van der Waals surface area (Å²) in [5, 5.41) is 2.81. The molecule has 3 aromatic rings. The Morgan fingerprint density at radius 1 is 0.750 bits per heavy atom. The topological polar surface area (TPSA) is 61.8 Å². The van der Waals surface area contributed by atoms with Crippen LogP contribution in [0.1, 0.15) is 39.5 Å². The SMILES string of the molecule is CCCC(=O)Oc1c2ccccc2c(OC(=O)CCC)c2cc(OC)ccc12. The van der Waals surface area contributed by atoms with Crippen LogP contribution in [0.25, 0.3) is 21.5 Å². The maximum atomic E-state index is 12.3. The van der Waals surface area contributed by atoms with Gasteiger partial charge in [0.25, 0.3) is 0 Å². The van der Waals surface area contributed by atoms with Crippen LogP contribution in [-0.2, 0) is 9.59 Å². The van der Waals surface area contributed by atoms with Gasteiger partial charge in [-0.15, -0.1) is 0 Å². The third-order valence-corrected chi connectivity index (χ3v) is 4.47. The standard InChI is InChI=1S/C23H24O5/c1-4-8-20(24)27-22-16-10-6-7-11-17(16)23(28-21(25)9-5-2)19-14-15(26-3)12-13-18(19)22/h6-7,10-14H,4-5,8-9H2,1-3H3. The van der Waals surface area contributed by atoms with Crippen LogP contribution >= 0.6 is 0 Å². The van der Waals surface area contributed by atoms with Gasteiger partial charge < -0.3 is 14.2 Å². The van der Waals surface area contributed by atoms with Gasteiger partial charge >= 0.3 is 11.9 Å². The van der Waals surface area contributed by atoms with Crippen LogP contribution in [-0.4, -0.2) is 19.0 Å². The van der Waals surface area contributed by atoms with Gasteiger partial charge in [-0.1, -0.05) is 38.1 Å². The minimum atomic E-state index is -0.299. The van der Waals surface area contributed by atoms with E-state index in [4.69, 9.17) is 14.2 Å². The quantitative estimate of drug-likeness (QED) is 0.311. The number of rotatable bonds is 7. The Labute approximate surface area is 164 Å². The summed E-state index contributed by atoms with van der Waals surface area (Å²) in [4.78, 5) is 24.5. The van der Waals surface area contributed by atoms with Crippen LogP contribution < -0.4 is 14.2 Å². The normalized spacial score (nSPS) is 10.8. The summed E-state index contributed by atoms with van der Waals surface area (Å²) < 4.78 is 16.8. The van der Waals surface area contributed by atoms with Crippen molar-refractivity contribution in [3.8, 4) is 17.2 Å². The van der Waals surface area contributed by atoms with Gasteiger partial charge in [0.1, 0.15) is 17.2 Å². The lowest BCUT2D eigenvalue weighted by Crippen LogP contribution is -2.10. The van der Waals surface area contributed by atoms with Gasteiger partial charge in [0.2, 0.25) is 0 Å². The Morgan fingerprint density at radius 2 is 1.25 bits per heavy atom. The van der Waals surface area contributed by atoms with Crippen molar-refractivity contribution in [2.24, 2.45) is 0 Å². The van der Waals surface area contributed by atoms with E-state index in [1.807, 2.05) is 44.2 Å². The van der Waals surface area contributed by atoms with E-state index in [1.165, 1.54) is 0 Å². The first-order valence-electron chi connectivity index (χ1n) is 9.52. The fraction of sp³-hybridized carbons (Fsp3) is 0.304. The molecule has 0 amide bonds. The highest BCUT2D eigenvalue weighted by atomic mass is 16.5. The molecule has 0 aliphatic carbocycles. The van der Waals surface area contributed by atoms with E-state index in [9.17, 15) is 9.59 Å². The second-order valence-electron chi connectivity index (χ2n) is 6.56.